The summed E-state index contributed by atoms with van der Waals surface area (Å²) in [6, 6.07) is 16.2. The Labute approximate surface area is 163 Å². The van der Waals surface area contributed by atoms with E-state index in [1.165, 1.54) is 17.7 Å². The molecule has 2 heterocycles. The van der Waals surface area contributed by atoms with Crippen LogP contribution in [0.15, 0.2) is 67.0 Å². The molecule has 4 rings (SSSR count). The van der Waals surface area contributed by atoms with Gasteiger partial charge in [-0.2, -0.15) is 5.10 Å². The summed E-state index contributed by atoms with van der Waals surface area (Å²) in [5, 5.41) is 7.40. The molecule has 0 unspecified atom stereocenters. The number of aromatic nitrogens is 2. The van der Waals surface area contributed by atoms with E-state index in [-0.39, 0.29) is 11.8 Å². The third-order valence-corrected chi connectivity index (χ3v) is 5.23. The van der Waals surface area contributed by atoms with Gasteiger partial charge in [0.1, 0.15) is 5.82 Å². The minimum Gasteiger partial charge on any atom is -0.334 e. The van der Waals surface area contributed by atoms with E-state index in [1.54, 1.807) is 12.1 Å². The van der Waals surface area contributed by atoms with Crippen molar-refractivity contribution in [3.8, 4) is 5.69 Å². The first-order chi connectivity index (χ1) is 13.7. The van der Waals surface area contributed by atoms with Gasteiger partial charge in [-0.3, -0.25) is 0 Å². The summed E-state index contributed by atoms with van der Waals surface area (Å²) in [7, 11) is 0. The maximum atomic E-state index is 12.9. The Morgan fingerprint density at radius 1 is 1.07 bits per heavy atom. The third kappa shape index (κ3) is 4.22. The Morgan fingerprint density at radius 3 is 2.50 bits per heavy atom. The lowest BCUT2D eigenvalue weighted by Crippen LogP contribution is -2.43. The van der Waals surface area contributed by atoms with Crippen molar-refractivity contribution >= 4 is 6.03 Å². The van der Waals surface area contributed by atoms with Crippen LogP contribution in [0, 0.1) is 5.82 Å². The second-order valence-electron chi connectivity index (χ2n) is 7.10. The molecule has 6 heteroatoms. The number of hydrogen-bond acceptors (Lipinski definition) is 2. The lowest BCUT2D eigenvalue weighted by molar-refractivity contribution is 0.181. The minimum atomic E-state index is -0.271. The first-order valence-corrected chi connectivity index (χ1v) is 9.56. The maximum Gasteiger partial charge on any atom is 0.317 e. The van der Waals surface area contributed by atoms with Crippen LogP contribution in [0.25, 0.3) is 5.69 Å². The quantitative estimate of drug-likeness (QED) is 0.743. The molecule has 0 saturated carbocycles. The van der Waals surface area contributed by atoms with Crippen LogP contribution in [0.3, 0.4) is 0 Å². The minimum absolute atomic E-state index is 0.0669. The molecule has 1 aliphatic rings. The Bertz CT molecular complexity index is 915. The number of piperidine rings is 1. The number of carbonyl (C=O) groups is 1. The van der Waals surface area contributed by atoms with Gasteiger partial charge < -0.3 is 10.2 Å². The normalized spacial score (nSPS) is 14.8. The van der Waals surface area contributed by atoms with Crippen molar-refractivity contribution in [2.45, 2.75) is 25.3 Å². The monoisotopic (exact) mass is 378 g/mol. The third-order valence-electron chi connectivity index (χ3n) is 5.23. The van der Waals surface area contributed by atoms with Gasteiger partial charge in [0.15, 0.2) is 0 Å². The lowest BCUT2D eigenvalue weighted by atomic mass is 9.92. The largest absolute Gasteiger partial charge is 0.334 e. The number of para-hydroxylation sites is 1. The van der Waals surface area contributed by atoms with Crippen molar-refractivity contribution in [1.29, 1.82) is 0 Å². The van der Waals surface area contributed by atoms with Crippen LogP contribution in [-0.2, 0) is 6.54 Å². The fourth-order valence-corrected chi connectivity index (χ4v) is 3.58. The highest BCUT2D eigenvalue weighted by molar-refractivity contribution is 5.74. The summed E-state index contributed by atoms with van der Waals surface area (Å²) in [4.78, 5) is 14.2. The predicted octanol–water partition coefficient (Wildman–Crippen LogP) is 4.10. The molecule has 0 bridgehead atoms. The molecule has 0 atom stereocenters. The highest BCUT2D eigenvalue weighted by Crippen LogP contribution is 2.28. The van der Waals surface area contributed by atoms with Crippen LogP contribution < -0.4 is 5.32 Å². The van der Waals surface area contributed by atoms with Crippen LogP contribution in [0.1, 0.15) is 29.9 Å². The van der Waals surface area contributed by atoms with E-state index in [4.69, 9.17) is 0 Å². The molecule has 3 aromatic rings. The zero-order chi connectivity index (χ0) is 19.3. The summed E-state index contributed by atoms with van der Waals surface area (Å²) < 4.78 is 14.8. The molecule has 144 valence electrons. The van der Waals surface area contributed by atoms with Crippen molar-refractivity contribution in [3.63, 3.8) is 0 Å². The number of hydrogen-bond donors (Lipinski definition) is 1. The number of likely N-dealkylation sites (tertiary alicyclic amines) is 1. The molecule has 28 heavy (non-hydrogen) atoms. The Morgan fingerprint density at radius 2 is 1.79 bits per heavy atom. The Hall–Kier alpha value is -3.15. The average molecular weight is 378 g/mol. The van der Waals surface area contributed by atoms with Crippen molar-refractivity contribution < 1.29 is 9.18 Å². The molecule has 1 N–H and O–H groups in total. The van der Waals surface area contributed by atoms with Crippen molar-refractivity contribution in [2.75, 3.05) is 13.1 Å². The molecular weight excluding hydrogens is 355 g/mol. The molecule has 0 spiro atoms. The second kappa shape index (κ2) is 8.25. The Balaban J connectivity index is 1.29. The predicted molar refractivity (Wildman–Crippen MR) is 106 cm³/mol. The van der Waals surface area contributed by atoms with Gasteiger partial charge in [0.25, 0.3) is 0 Å². The number of nitrogens with one attached hydrogen (secondary N) is 1. The first kappa shape index (κ1) is 18.2. The number of urea groups is 1. The van der Waals surface area contributed by atoms with Crippen molar-refractivity contribution in [3.05, 3.63) is 83.9 Å². The van der Waals surface area contributed by atoms with E-state index >= 15 is 0 Å². The van der Waals surface area contributed by atoms with Gasteiger partial charge >= 0.3 is 6.03 Å². The zero-order valence-electron chi connectivity index (χ0n) is 15.6. The molecule has 0 aliphatic carbocycles. The number of halogens is 1. The van der Waals surface area contributed by atoms with Crippen molar-refractivity contribution in [2.24, 2.45) is 0 Å². The first-order valence-electron chi connectivity index (χ1n) is 9.56. The van der Waals surface area contributed by atoms with E-state index in [0.29, 0.717) is 12.5 Å². The molecule has 1 fully saturated rings. The standard InChI is InChI=1S/C22H23FN4O/c23-20-8-6-17(7-9-20)14-24-22(28)26-12-10-18(11-13-26)19-15-25-27(16-19)21-4-2-1-3-5-21/h1-9,15-16,18H,10-14H2,(H,24,28). The van der Waals surface area contributed by atoms with Gasteiger partial charge in [0.05, 0.1) is 11.9 Å². The lowest BCUT2D eigenvalue weighted by Gasteiger charge is -2.31. The SMILES string of the molecule is O=C(NCc1ccc(F)cc1)N1CCC(c2cnn(-c3ccccc3)c2)CC1. The molecule has 1 aliphatic heterocycles. The summed E-state index contributed by atoms with van der Waals surface area (Å²) in [6.07, 6.45) is 5.86. The highest BCUT2D eigenvalue weighted by Gasteiger charge is 2.24. The fraction of sp³-hybridized carbons (Fsp3) is 0.273. The van der Waals surface area contributed by atoms with Gasteiger partial charge in [-0.1, -0.05) is 30.3 Å². The van der Waals surface area contributed by atoms with E-state index in [2.05, 4.69) is 16.6 Å². The van der Waals surface area contributed by atoms with Crippen LogP contribution in [0.5, 0.6) is 0 Å². The molecule has 0 radical (unpaired) electrons. The van der Waals surface area contributed by atoms with Gasteiger partial charge in [-0.15, -0.1) is 0 Å². The number of rotatable bonds is 4. The molecule has 1 saturated heterocycles. The highest BCUT2D eigenvalue weighted by atomic mass is 19.1. The van der Waals surface area contributed by atoms with E-state index in [9.17, 15) is 9.18 Å². The maximum absolute atomic E-state index is 12.9. The topological polar surface area (TPSA) is 50.2 Å². The van der Waals surface area contributed by atoms with E-state index in [1.807, 2.05) is 46.1 Å². The molecule has 2 aromatic carbocycles. The molecule has 2 amide bonds. The van der Waals surface area contributed by atoms with Crippen LogP contribution >= 0.6 is 0 Å². The van der Waals surface area contributed by atoms with Gasteiger partial charge in [0, 0.05) is 25.8 Å². The number of amides is 2. The number of carbonyl (C=O) groups excluding carboxylic acids is 1. The summed E-state index contributed by atoms with van der Waals surface area (Å²) >= 11 is 0. The smallest absolute Gasteiger partial charge is 0.317 e. The molecule has 5 nitrogen and oxygen atoms in total. The average Bonchev–Trinajstić information content (AvgIpc) is 3.24. The second-order valence-corrected chi connectivity index (χ2v) is 7.10. The summed E-state index contributed by atoms with van der Waals surface area (Å²) in [5.74, 6) is 0.145. The summed E-state index contributed by atoms with van der Waals surface area (Å²) in [5.41, 5.74) is 3.15. The Kier molecular flexibility index (Phi) is 5.37. The fourth-order valence-electron chi connectivity index (χ4n) is 3.58. The van der Waals surface area contributed by atoms with Crippen LogP contribution in [-0.4, -0.2) is 33.8 Å². The molecular formula is C22H23FN4O. The van der Waals surface area contributed by atoms with Gasteiger partial charge in [0.2, 0.25) is 0 Å². The number of benzene rings is 2. The van der Waals surface area contributed by atoms with Gasteiger partial charge in [-0.25, -0.2) is 13.9 Å². The zero-order valence-corrected chi connectivity index (χ0v) is 15.6. The van der Waals surface area contributed by atoms with Crippen LogP contribution in [0.4, 0.5) is 9.18 Å². The molecule has 1 aromatic heterocycles. The van der Waals surface area contributed by atoms with Gasteiger partial charge in [-0.05, 0) is 54.2 Å². The van der Waals surface area contributed by atoms with E-state index in [0.717, 1.165) is 37.2 Å². The van der Waals surface area contributed by atoms with Crippen molar-refractivity contribution in [1.82, 2.24) is 20.0 Å². The van der Waals surface area contributed by atoms with Crippen LogP contribution in [0.2, 0.25) is 0 Å². The van der Waals surface area contributed by atoms with E-state index < -0.39 is 0 Å². The summed E-state index contributed by atoms with van der Waals surface area (Å²) in [6.45, 7) is 1.84. The number of nitrogens with zero attached hydrogens (tertiary/aromatic N) is 3.